The lowest BCUT2D eigenvalue weighted by Gasteiger charge is -2.36. The molecule has 0 heteroatoms. The highest BCUT2D eigenvalue weighted by atomic mass is 14.5. The number of allylic oxidation sites excluding steroid dienone is 3. The van der Waals surface area contributed by atoms with Crippen LogP contribution < -0.4 is 0 Å². The van der Waals surface area contributed by atoms with Crippen LogP contribution >= 0.6 is 0 Å². The van der Waals surface area contributed by atoms with E-state index in [-0.39, 0.29) is 0 Å². The molecule has 0 unspecified atom stereocenters. The molecular weight excluding hydrogens is 228 g/mol. The van der Waals surface area contributed by atoms with Crippen molar-refractivity contribution in [2.45, 2.75) is 45.4 Å². The molecule has 0 nitrogen and oxygen atoms in total. The lowest BCUT2D eigenvalue weighted by Crippen LogP contribution is -2.25. The van der Waals surface area contributed by atoms with Crippen LogP contribution in [0.2, 0.25) is 0 Å². The maximum absolute atomic E-state index is 4.53. The largest absolute Gasteiger partial charge is 0.0943 e. The van der Waals surface area contributed by atoms with E-state index in [0.717, 1.165) is 5.92 Å². The van der Waals surface area contributed by atoms with Gasteiger partial charge in [-0.2, -0.15) is 0 Å². The van der Waals surface area contributed by atoms with E-state index in [1.165, 1.54) is 49.7 Å². The highest BCUT2D eigenvalue weighted by Crippen LogP contribution is 2.61. The normalized spacial score (nSPS) is 29.1. The molecule has 100 valence electrons. The first kappa shape index (κ1) is 12.7. The first-order valence-corrected chi connectivity index (χ1v) is 7.73. The van der Waals surface area contributed by atoms with E-state index in [9.17, 15) is 0 Å². The summed E-state index contributed by atoms with van der Waals surface area (Å²) in [6.07, 6.45) is 10.4. The van der Waals surface area contributed by atoms with Crippen molar-refractivity contribution in [1.29, 1.82) is 0 Å². The maximum atomic E-state index is 4.53. The van der Waals surface area contributed by atoms with Gasteiger partial charge in [0.15, 0.2) is 0 Å². The van der Waals surface area contributed by atoms with Crippen LogP contribution in [0.15, 0.2) is 48.6 Å². The Labute approximate surface area is 117 Å². The van der Waals surface area contributed by atoms with Crippen LogP contribution in [0.1, 0.15) is 51.0 Å². The van der Waals surface area contributed by atoms with Gasteiger partial charge >= 0.3 is 0 Å². The molecule has 1 fully saturated rings. The topological polar surface area (TPSA) is 0 Å². The molecule has 1 aromatic carbocycles. The van der Waals surface area contributed by atoms with Crippen molar-refractivity contribution in [3.63, 3.8) is 0 Å². The Morgan fingerprint density at radius 1 is 1.32 bits per heavy atom. The zero-order chi connectivity index (χ0) is 13.3. The summed E-state index contributed by atoms with van der Waals surface area (Å²) >= 11 is 0. The van der Waals surface area contributed by atoms with Crippen LogP contribution in [0.5, 0.6) is 0 Å². The molecule has 0 spiro atoms. The van der Waals surface area contributed by atoms with E-state index in [4.69, 9.17) is 0 Å². The van der Waals surface area contributed by atoms with Crippen LogP contribution in [0.25, 0.3) is 5.57 Å². The van der Waals surface area contributed by atoms with Crippen LogP contribution in [0.3, 0.4) is 0 Å². The number of rotatable bonds is 4. The van der Waals surface area contributed by atoms with Crippen LogP contribution in [0.4, 0.5) is 0 Å². The lowest BCUT2D eigenvalue weighted by atomic mass is 9.67. The third-order valence-electron chi connectivity index (χ3n) is 5.22. The van der Waals surface area contributed by atoms with Gasteiger partial charge in [0.2, 0.25) is 0 Å². The van der Waals surface area contributed by atoms with Crippen LogP contribution in [-0.2, 0) is 0 Å². The van der Waals surface area contributed by atoms with Crippen molar-refractivity contribution in [2.24, 2.45) is 11.3 Å². The van der Waals surface area contributed by atoms with Crippen LogP contribution in [-0.4, -0.2) is 0 Å². The molecule has 0 bridgehead atoms. The number of hydrogen-bond acceptors (Lipinski definition) is 0. The van der Waals surface area contributed by atoms with Gasteiger partial charge in [0, 0.05) is 5.41 Å². The first-order valence-electron chi connectivity index (χ1n) is 7.73. The number of fused-ring (bicyclic) bond motifs is 1. The van der Waals surface area contributed by atoms with Gasteiger partial charge in [-0.05, 0) is 42.7 Å². The smallest absolute Gasteiger partial charge is 0.0193 e. The molecule has 0 saturated heterocycles. The molecule has 0 radical (unpaired) electrons. The Hall–Kier alpha value is -1.30. The van der Waals surface area contributed by atoms with Crippen molar-refractivity contribution >= 4 is 5.57 Å². The Morgan fingerprint density at radius 2 is 2.11 bits per heavy atom. The fourth-order valence-electron chi connectivity index (χ4n) is 4.37. The molecule has 2 aliphatic carbocycles. The fraction of sp³-hybridized carbons (Fsp3) is 0.474. The predicted octanol–water partition coefficient (Wildman–Crippen LogP) is 5.62. The van der Waals surface area contributed by atoms with Gasteiger partial charge in [-0.25, -0.2) is 0 Å². The minimum Gasteiger partial charge on any atom is -0.0943 e. The quantitative estimate of drug-likeness (QED) is 0.610. The third kappa shape index (κ3) is 1.89. The predicted molar refractivity (Wildman–Crippen MR) is 82.9 cm³/mol. The van der Waals surface area contributed by atoms with Gasteiger partial charge in [0.05, 0.1) is 0 Å². The molecule has 19 heavy (non-hydrogen) atoms. The SMILES string of the molecule is C=C(c1ccccc1)[C@]12CCC[C@H]1CC=C2CCC. The third-order valence-corrected chi connectivity index (χ3v) is 5.22. The van der Waals surface area contributed by atoms with Crippen molar-refractivity contribution in [3.05, 3.63) is 54.1 Å². The zero-order valence-electron chi connectivity index (χ0n) is 12.0. The molecule has 0 aliphatic heterocycles. The summed E-state index contributed by atoms with van der Waals surface area (Å²) in [5.41, 5.74) is 4.72. The summed E-state index contributed by atoms with van der Waals surface area (Å²) in [7, 11) is 0. The van der Waals surface area contributed by atoms with Gasteiger partial charge in [0.1, 0.15) is 0 Å². The van der Waals surface area contributed by atoms with E-state index in [0.29, 0.717) is 5.41 Å². The van der Waals surface area contributed by atoms with Crippen molar-refractivity contribution in [2.75, 3.05) is 0 Å². The highest BCUT2D eigenvalue weighted by Gasteiger charge is 2.49. The zero-order valence-corrected chi connectivity index (χ0v) is 12.0. The monoisotopic (exact) mass is 252 g/mol. The number of benzene rings is 1. The van der Waals surface area contributed by atoms with Crippen molar-refractivity contribution in [1.82, 2.24) is 0 Å². The maximum Gasteiger partial charge on any atom is 0.0193 e. The average Bonchev–Trinajstić information content (AvgIpc) is 3.00. The van der Waals surface area contributed by atoms with Gasteiger partial charge < -0.3 is 0 Å². The molecule has 0 amide bonds. The molecule has 1 aromatic rings. The van der Waals surface area contributed by atoms with Gasteiger partial charge in [-0.1, -0.05) is 68.3 Å². The molecular formula is C19H24. The second-order valence-electron chi connectivity index (χ2n) is 6.12. The first-order chi connectivity index (χ1) is 9.29. The fourth-order valence-corrected chi connectivity index (χ4v) is 4.37. The Balaban J connectivity index is 1.99. The summed E-state index contributed by atoms with van der Waals surface area (Å²) in [6, 6.07) is 10.8. The van der Waals surface area contributed by atoms with E-state index in [2.05, 4.69) is 49.9 Å². The number of hydrogen-bond donors (Lipinski definition) is 0. The van der Waals surface area contributed by atoms with Gasteiger partial charge in [-0.15, -0.1) is 0 Å². The lowest BCUT2D eigenvalue weighted by molar-refractivity contribution is 0.371. The second-order valence-corrected chi connectivity index (χ2v) is 6.12. The summed E-state index contributed by atoms with van der Waals surface area (Å²) in [5.74, 6) is 0.821. The van der Waals surface area contributed by atoms with E-state index >= 15 is 0 Å². The Bertz CT molecular complexity index is 494. The molecule has 2 aliphatic rings. The molecule has 0 N–H and O–H groups in total. The molecule has 0 aromatic heterocycles. The molecule has 3 rings (SSSR count). The van der Waals surface area contributed by atoms with Crippen molar-refractivity contribution in [3.8, 4) is 0 Å². The van der Waals surface area contributed by atoms with Gasteiger partial charge in [0.25, 0.3) is 0 Å². The summed E-state index contributed by atoms with van der Waals surface area (Å²) in [4.78, 5) is 0. The van der Waals surface area contributed by atoms with Gasteiger partial charge in [-0.3, -0.25) is 0 Å². The van der Waals surface area contributed by atoms with E-state index in [1.54, 1.807) is 5.57 Å². The molecule has 1 saturated carbocycles. The summed E-state index contributed by atoms with van der Waals surface area (Å²) < 4.78 is 0. The van der Waals surface area contributed by atoms with E-state index < -0.39 is 0 Å². The standard InChI is InChI=1S/C19H24/c1-3-8-17-12-13-18-11-7-14-19(17,18)15(2)16-9-5-4-6-10-16/h4-6,9-10,12,18H,2-3,7-8,11,13-14H2,1H3/t18-,19-/m0/s1. The van der Waals surface area contributed by atoms with E-state index in [1.807, 2.05) is 0 Å². The molecule has 2 atom stereocenters. The second kappa shape index (κ2) is 5.00. The molecule has 0 heterocycles. The van der Waals surface area contributed by atoms with Crippen molar-refractivity contribution < 1.29 is 0 Å². The minimum absolute atomic E-state index is 0.303. The summed E-state index contributed by atoms with van der Waals surface area (Å²) in [6.45, 7) is 6.83. The minimum atomic E-state index is 0.303. The van der Waals surface area contributed by atoms with Crippen LogP contribution in [0, 0.1) is 11.3 Å². The Kier molecular flexibility index (Phi) is 3.35. The summed E-state index contributed by atoms with van der Waals surface area (Å²) in [5, 5.41) is 0. The highest BCUT2D eigenvalue weighted by molar-refractivity contribution is 5.73. The average molecular weight is 252 g/mol. The Morgan fingerprint density at radius 3 is 2.84 bits per heavy atom.